The van der Waals surface area contributed by atoms with Crippen molar-refractivity contribution >= 4 is 33.3 Å². The van der Waals surface area contributed by atoms with Gasteiger partial charge in [0.25, 0.3) is 0 Å². The van der Waals surface area contributed by atoms with Gasteiger partial charge in [-0.2, -0.15) is 0 Å². The van der Waals surface area contributed by atoms with Crippen LogP contribution in [0.15, 0.2) is 18.2 Å². The van der Waals surface area contributed by atoms with Crippen LogP contribution in [0.25, 0.3) is 10.2 Å². The third kappa shape index (κ3) is 3.45. The average Bonchev–Trinajstić information content (AvgIpc) is 2.98. The number of carbonyl (C=O) groups is 1. The van der Waals surface area contributed by atoms with Crippen LogP contribution in [-0.4, -0.2) is 27.3 Å². The molecule has 0 spiro atoms. The van der Waals surface area contributed by atoms with E-state index in [1.54, 1.807) is 29.2 Å². The number of carbonyl (C=O) groups excluding carboxylic acids is 1. The minimum absolute atomic E-state index is 0.0121. The lowest BCUT2D eigenvalue weighted by Crippen LogP contribution is -2.28. The Morgan fingerprint density at radius 2 is 2.10 bits per heavy atom. The first-order chi connectivity index (χ1) is 14.5. The second kappa shape index (κ2) is 7.61. The largest absolute Gasteiger partial charge is 0.363 e. The van der Waals surface area contributed by atoms with Crippen molar-refractivity contribution in [1.82, 2.24) is 14.9 Å². The second-order valence-electron chi connectivity index (χ2n) is 8.28. The van der Waals surface area contributed by atoms with E-state index in [1.165, 1.54) is 29.3 Å². The number of rotatable bonds is 2. The fourth-order valence-corrected chi connectivity index (χ4v) is 6.04. The number of nitrogens with one attached hydrogen (secondary N) is 1. The van der Waals surface area contributed by atoms with Crippen molar-refractivity contribution in [2.24, 2.45) is 0 Å². The minimum atomic E-state index is -0.273. The van der Waals surface area contributed by atoms with Crippen LogP contribution < -0.4 is 5.32 Å². The Kier molecular flexibility index (Phi) is 4.93. The van der Waals surface area contributed by atoms with E-state index in [-0.39, 0.29) is 17.8 Å². The van der Waals surface area contributed by atoms with Gasteiger partial charge in [-0.25, -0.2) is 14.4 Å². The third-order valence-electron chi connectivity index (χ3n) is 6.21. The van der Waals surface area contributed by atoms with E-state index in [4.69, 9.17) is 9.97 Å². The monoisotopic (exact) mass is 424 g/mol. The number of aryl methyl sites for hydroxylation is 3. The number of thiophene rings is 1. The van der Waals surface area contributed by atoms with E-state index in [9.17, 15) is 9.18 Å². The number of fused-ring (bicyclic) bond motifs is 4. The number of nitrogens with zero attached hydrogens (tertiary/aromatic N) is 3. The SMILES string of the molecule is CC(=O)N1CCC(Nc2nc(C)nc3sc4c(c23)CCCC4)c2ccc(F)cc2C1. The summed E-state index contributed by atoms with van der Waals surface area (Å²) < 4.78 is 14.0. The van der Waals surface area contributed by atoms with Crippen molar-refractivity contribution in [2.75, 3.05) is 11.9 Å². The summed E-state index contributed by atoms with van der Waals surface area (Å²) in [6, 6.07) is 4.87. The molecule has 0 radical (unpaired) electrons. The highest BCUT2D eigenvalue weighted by Gasteiger charge is 2.27. The molecule has 1 N–H and O–H groups in total. The van der Waals surface area contributed by atoms with Gasteiger partial charge in [0.1, 0.15) is 22.3 Å². The van der Waals surface area contributed by atoms with Crippen LogP contribution in [0.2, 0.25) is 0 Å². The molecule has 3 heterocycles. The highest BCUT2D eigenvalue weighted by molar-refractivity contribution is 7.19. The van der Waals surface area contributed by atoms with Gasteiger partial charge in [-0.3, -0.25) is 4.79 Å². The second-order valence-corrected chi connectivity index (χ2v) is 9.36. The van der Waals surface area contributed by atoms with Gasteiger partial charge in [-0.1, -0.05) is 6.07 Å². The third-order valence-corrected chi connectivity index (χ3v) is 7.40. The number of benzene rings is 1. The van der Waals surface area contributed by atoms with Crippen molar-refractivity contribution in [2.45, 2.75) is 58.5 Å². The fraction of sp³-hybridized carbons (Fsp3) is 0.435. The summed E-state index contributed by atoms with van der Waals surface area (Å²) in [4.78, 5) is 25.8. The van der Waals surface area contributed by atoms with E-state index < -0.39 is 0 Å². The normalized spacial score (nSPS) is 18.6. The molecule has 1 unspecified atom stereocenters. The molecule has 5 nitrogen and oxygen atoms in total. The molecule has 156 valence electrons. The van der Waals surface area contributed by atoms with Gasteiger partial charge in [0.05, 0.1) is 11.4 Å². The lowest BCUT2D eigenvalue weighted by Gasteiger charge is -2.21. The zero-order valence-corrected chi connectivity index (χ0v) is 18.1. The summed E-state index contributed by atoms with van der Waals surface area (Å²) in [6.45, 7) is 4.56. The Bertz CT molecular complexity index is 1140. The summed E-state index contributed by atoms with van der Waals surface area (Å²) >= 11 is 1.79. The number of halogens is 1. The number of amides is 1. The molecular formula is C23H25FN4OS. The van der Waals surface area contributed by atoms with Crippen LogP contribution in [0.3, 0.4) is 0 Å². The smallest absolute Gasteiger partial charge is 0.219 e. The first-order valence-electron chi connectivity index (χ1n) is 10.6. The lowest BCUT2D eigenvalue weighted by molar-refractivity contribution is -0.129. The van der Waals surface area contributed by atoms with Crippen molar-refractivity contribution in [3.8, 4) is 0 Å². The van der Waals surface area contributed by atoms with Gasteiger partial charge in [0, 0.05) is 24.9 Å². The molecule has 0 saturated heterocycles. The zero-order valence-electron chi connectivity index (χ0n) is 17.3. The Labute approximate surface area is 179 Å². The molecule has 3 aromatic rings. The summed E-state index contributed by atoms with van der Waals surface area (Å²) in [5.41, 5.74) is 3.28. The topological polar surface area (TPSA) is 58.1 Å². The molecule has 1 amide bonds. The van der Waals surface area contributed by atoms with E-state index in [2.05, 4.69) is 5.32 Å². The summed E-state index contributed by atoms with van der Waals surface area (Å²) in [5.74, 6) is 1.36. The zero-order chi connectivity index (χ0) is 20.8. The minimum Gasteiger partial charge on any atom is -0.363 e. The number of aromatic nitrogens is 2. The lowest BCUT2D eigenvalue weighted by atomic mass is 9.96. The van der Waals surface area contributed by atoms with Crippen molar-refractivity contribution in [1.29, 1.82) is 0 Å². The van der Waals surface area contributed by atoms with Gasteiger partial charge in [-0.05, 0) is 67.9 Å². The molecule has 1 atom stereocenters. The predicted molar refractivity (Wildman–Crippen MR) is 117 cm³/mol. The van der Waals surface area contributed by atoms with Crippen LogP contribution in [0, 0.1) is 12.7 Å². The molecule has 1 aliphatic carbocycles. The van der Waals surface area contributed by atoms with Gasteiger partial charge >= 0.3 is 0 Å². The molecule has 1 aromatic carbocycles. The van der Waals surface area contributed by atoms with E-state index in [0.29, 0.717) is 13.1 Å². The molecule has 5 rings (SSSR count). The first kappa shape index (κ1) is 19.4. The highest BCUT2D eigenvalue weighted by Crippen LogP contribution is 2.40. The van der Waals surface area contributed by atoms with Gasteiger partial charge < -0.3 is 10.2 Å². The number of hydrogen-bond donors (Lipinski definition) is 1. The quantitative estimate of drug-likeness (QED) is 0.634. The Morgan fingerprint density at radius 3 is 2.93 bits per heavy atom. The predicted octanol–water partition coefficient (Wildman–Crippen LogP) is 4.92. The van der Waals surface area contributed by atoms with E-state index in [0.717, 1.165) is 52.2 Å². The van der Waals surface area contributed by atoms with Gasteiger partial charge in [0.15, 0.2) is 0 Å². The molecule has 2 aliphatic rings. The van der Waals surface area contributed by atoms with Crippen LogP contribution in [-0.2, 0) is 24.2 Å². The van der Waals surface area contributed by atoms with Crippen LogP contribution in [0.4, 0.5) is 10.2 Å². The number of anilines is 1. The molecule has 1 aliphatic heterocycles. The summed E-state index contributed by atoms with van der Waals surface area (Å²) in [6.07, 6.45) is 5.37. The fourth-order valence-electron chi connectivity index (χ4n) is 4.73. The molecule has 0 fully saturated rings. The molecular weight excluding hydrogens is 399 g/mol. The van der Waals surface area contributed by atoms with Crippen LogP contribution in [0.1, 0.15) is 59.6 Å². The standard InChI is InChI=1S/C23H25FN4OS/c1-13-25-22(21-18-5-3-4-6-20(18)30-23(21)26-13)27-19-9-10-28(14(2)29)12-15-11-16(24)7-8-17(15)19/h7-8,11,19H,3-6,9-10,12H2,1-2H3,(H,25,26,27). The Morgan fingerprint density at radius 1 is 1.27 bits per heavy atom. The molecule has 30 heavy (non-hydrogen) atoms. The molecule has 0 saturated carbocycles. The molecule has 7 heteroatoms. The van der Waals surface area contributed by atoms with E-state index >= 15 is 0 Å². The van der Waals surface area contributed by atoms with Crippen LogP contribution in [0.5, 0.6) is 0 Å². The molecule has 0 bridgehead atoms. The van der Waals surface area contributed by atoms with Crippen molar-refractivity contribution < 1.29 is 9.18 Å². The summed E-state index contributed by atoms with van der Waals surface area (Å²) in [5, 5.41) is 4.82. The Balaban J connectivity index is 1.58. The maximum absolute atomic E-state index is 14.0. The molecule has 2 aromatic heterocycles. The highest BCUT2D eigenvalue weighted by atomic mass is 32.1. The van der Waals surface area contributed by atoms with E-state index in [1.807, 2.05) is 13.0 Å². The Hall–Kier alpha value is -2.54. The number of hydrogen-bond acceptors (Lipinski definition) is 5. The van der Waals surface area contributed by atoms with Gasteiger partial charge in [-0.15, -0.1) is 11.3 Å². The van der Waals surface area contributed by atoms with Crippen molar-refractivity contribution in [3.05, 3.63) is 51.4 Å². The van der Waals surface area contributed by atoms with Crippen LogP contribution >= 0.6 is 11.3 Å². The first-order valence-corrected chi connectivity index (χ1v) is 11.4. The summed E-state index contributed by atoms with van der Waals surface area (Å²) in [7, 11) is 0. The maximum Gasteiger partial charge on any atom is 0.219 e. The average molecular weight is 425 g/mol. The van der Waals surface area contributed by atoms with Crippen molar-refractivity contribution in [3.63, 3.8) is 0 Å². The van der Waals surface area contributed by atoms with Gasteiger partial charge in [0.2, 0.25) is 5.91 Å². The maximum atomic E-state index is 14.0.